The molecule has 1 saturated carbocycles. The Hall–Kier alpha value is -3.68. The minimum Gasteiger partial charge on any atom is -0.427 e. The smallest absolute Gasteiger partial charge is 0.415 e. The molecule has 8 nitrogen and oxygen atoms in total. The van der Waals surface area contributed by atoms with Crippen LogP contribution in [0.25, 0.3) is 0 Å². The van der Waals surface area contributed by atoms with Gasteiger partial charge in [0, 0.05) is 43.6 Å². The summed E-state index contributed by atoms with van der Waals surface area (Å²) in [5.41, 5.74) is 1.25. The normalized spacial score (nSPS) is 23.4. The second-order valence-corrected chi connectivity index (χ2v) is 9.74. The van der Waals surface area contributed by atoms with Crippen molar-refractivity contribution < 1.29 is 23.9 Å². The molecule has 2 fully saturated rings. The first-order valence-electron chi connectivity index (χ1n) is 12.1. The molecule has 1 unspecified atom stereocenters. The zero-order valence-electron chi connectivity index (χ0n) is 19.9. The van der Waals surface area contributed by atoms with E-state index in [1.165, 1.54) is 0 Å². The molecule has 1 spiro atoms. The van der Waals surface area contributed by atoms with Gasteiger partial charge in [-0.3, -0.25) is 19.7 Å². The first-order chi connectivity index (χ1) is 16.8. The van der Waals surface area contributed by atoms with Gasteiger partial charge in [-0.05, 0) is 54.9 Å². The highest BCUT2D eigenvalue weighted by atomic mass is 16.6. The third-order valence-corrected chi connectivity index (χ3v) is 7.53. The molecule has 5 rings (SSSR count). The van der Waals surface area contributed by atoms with Crippen LogP contribution in [0.2, 0.25) is 0 Å². The number of fused-ring (bicyclic) bond motifs is 2. The lowest BCUT2D eigenvalue weighted by molar-refractivity contribution is -0.136. The van der Waals surface area contributed by atoms with Crippen molar-refractivity contribution in [3.05, 3.63) is 70.8 Å². The zero-order valence-corrected chi connectivity index (χ0v) is 19.9. The lowest BCUT2D eigenvalue weighted by Gasteiger charge is -2.31. The van der Waals surface area contributed by atoms with Crippen molar-refractivity contribution in [2.45, 2.75) is 56.7 Å². The Bertz CT molecular complexity index is 1190. The van der Waals surface area contributed by atoms with Crippen LogP contribution < -0.4 is 10.6 Å². The summed E-state index contributed by atoms with van der Waals surface area (Å²) in [5, 5.41) is 4.84. The van der Waals surface area contributed by atoms with Crippen LogP contribution in [0.1, 0.15) is 65.6 Å². The number of benzene rings is 2. The van der Waals surface area contributed by atoms with E-state index in [4.69, 9.17) is 4.74 Å². The molecule has 8 heteroatoms. The number of rotatable bonds is 7. The Balaban J connectivity index is 1.46. The van der Waals surface area contributed by atoms with E-state index in [0.29, 0.717) is 29.2 Å². The third kappa shape index (κ3) is 4.17. The van der Waals surface area contributed by atoms with Crippen LogP contribution in [0.4, 0.5) is 4.79 Å². The number of ether oxygens (including phenoxy) is 1. The largest absolute Gasteiger partial charge is 0.427 e. The predicted molar refractivity (Wildman–Crippen MR) is 127 cm³/mol. The highest BCUT2D eigenvalue weighted by Gasteiger charge is 2.57. The molecular formula is C27H29N3O5. The Labute approximate surface area is 204 Å². The molecule has 2 N–H and O–H groups in total. The van der Waals surface area contributed by atoms with Crippen molar-refractivity contribution in [1.82, 2.24) is 15.5 Å². The second kappa shape index (κ2) is 8.83. The summed E-state index contributed by atoms with van der Waals surface area (Å²) in [6.45, 7) is 2.61. The number of alkyl carbamates (subject to hydrolysis) is 1. The van der Waals surface area contributed by atoms with Gasteiger partial charge in [-0.2, -0.15) is 0 Å². The molecule has 0 aromatic heterocycles. The zero-order chi connectivity index (χ0) is 24.7. The maximum atomic E-state index is 13.7. The van der Waals surface area contributed by atoms with E-state index >= 15 is 0 Å². The number of hydrogen-bond donors (Lipinski definition) is 2. The molecule has 1 aliphatic heterocycles. The van der Waals surface area contributed by atoms with Gasteiger partial charge in [-0.25, -0.2) is 4.79 Å². The van der Waals surface area contributed by atoms with E-state index in [0.717, 1.165) is 18.4 Å². The highest BCUT2D eigenvalue weighted by Crippen LogP contribution is 2.51. The quantitative estimate of drug-likeness (QED) is 0.640. The van der Waals surface area contributed by atoms with Crippen molar-refractivity contribution in [3.8, 4) is 0 Å². The fourth-order valence-corrected chi connectivity index (χ4v) is 5.44. The summed E-state index contributed by atoms with van der Waals surface area (Å²) in [4.78, 5) is 52.8. The number of nitrogens with one attached hydrogen (secondary N) is 2. The first-order valence-corrected chi connectivity index (χ1v) is 12.1. The van der Waals surface area contributed by atoms with Crippen LogP contribution in [0.15, 0.2) is 48.5 Å². The van der Waals surface area contributed by atoms with Crippen molar-refractivity contribution in [2.75, 3.05) is 7.05 Å². The van der Waals surface area contributed by atoms with E-state index in [1.807, 2.05) is 35.2 Å². The van der Waals surface area contributed by atoms with Crippen LogP contribution in [0.3, 0.4) is 0 Å². The lowest BCUT2D eigenvalue weighted by Crippen LogP contribution is -2.40. The first kappa shape index (κ1) is 23.1. The molecular weight excluding hydrogens is 446 g/mol. The molecule has 182 valence electrons. The number of carbonyl (C=O) groups is 4. The van der Waals surface area contributed by atoms with Crippen LogP contribution in [-0.2, 0) is 26.5 Å². The van der Waals surface area contributed by atoms with Gasteiger partial charge in [0.25, 0.3) is 11.8 Å². The molecule has 3 aliphatic rings. The van der Waals surface area contributed by atoms with Crippen molar-refractivity contribution in [2.24, 2.45) is 5.92 Å². The van der Waals surface area contributed by atoms with Crippen molar-refractivity contribution in [3.63, 3.8) is 0 Å². The Kier molecular flexibility index (Phi) is 5.83. The topological polar surface area (TPSA) is 105 Å². The fraction of sp³-hybridized carbons (Fsp3) is 0.407. The van der Waals surface area contributed by atoms with Gasteiger partial charge in [0.2, 0.25) is 11.5 Å². The second-order valence-electron chi connectivity index (χ2n) is 9.74. The highest BCUT2D eigenvalue weighted by molar-refractivity contribution is 6.04. The fourth-order valence-electron chi connectivity index (χ4n) is 5.44. The van der Waals surface area contributed by atoms with Gasteiger partial charge in [0.15, 0.2) is 0 Å². The minimum atomic E-state index is -1.47. The molecule has 2 aliphatic carbocycles. The van der Waals surface area contributed by atoms with Gasteiger partial charge in [-0.15, -0.1) is 0 Å². The summed E-state index contributed by atoms with van der Waals surface area (Å²) in [6.07, 6.45) is 1.75. The van der Waals surface area contributed by atoms with Gasteiger partial charge in [0.05, 0.1) is 0 Å². The SMILES string of the molecule is CNC(=O)c1ccc2c(c1)C(CC(=O)N(Cc1ccccc1)[C@@H](C)C1CC1)C[C@@]21OC(=O)NC1=O. The molecule has 35 heavy (non-hydrogen) atoms. The molecule has 2 aromatic carbocycles. The van der Waals surface area contributed by atoms with E-state index < -0.39 is 17.6 Å². The summed E-state index contributed by atoms with van der Waals surface area (Å²) in [6, 6.07) is 15.0. The maximum Gasteiger partial charge on any atom is 0.415 e. The standard InChI is InChI=1S/C27H29N3O5/c1-16(18-8-9-18)30(15-17-6-4-3-5-7-17)23(31)13-20-14-27(25(33)29-26(34)35-27)22-11-10-19(12-21(20)22)24(32)28-2/h3-7,10-12,16,18,20H,8-9,13-15H2,1-2H3,(H,28,32)(H,29,33,34)/t16-,20?,27+/m0/s1. The van der Waals surface area contributed by atoms with E-state index in [2.05, 4.69) is 17.6 Å². The number of amides is 4. The number of hydrogen-bond acceptors (Lipinski definition) is 5. The Morgan fingerprint density at radius 2 is 1.91 bits per heavy atom. The van der Waals surface area contributed by atoms with Crippen LogP contribution >= 0.6 is 0 Å². The molecule has 4 amide bonds. The van der Waals surface area contributed by atoms with Crippen molar-refractivity contribution >= 4 is 23.8 Å². The van der Waals surface area contributed by atoms with Gasteiger partial charge in [0.1, 0.15) is 0 Å². The Morgan fingerprint density at radius 1 is 1.17 bits per heavy atom. The van der Waals surface area contributed by atoms with Gasteiger partial charge >= 0.3 is 6.09 Å². The third-order valence-electron chi connectivity index (χ3n) is 7.53. The van der Waals surface area contributed by atoms with Gasteiger partial charge < -0.3 is 15.0 Å². The number of nitrogens with zero attached hydrogens (tertiary/aromatic N) is 1. The number of carbonyl (C=O) groups excluding carboxylic acids is 4. The molecule has 1 saturated heterocycles. The minimum absolute atomic E-state index is 0.0173. The van der Waals surface area contributed by atoms with E-state index in [1.54, 1.807) is 25.2 Å². The molecule has 3 atom stereocenters. The maximum absolute atomic E-state index is 13.7. The van der Waals surface area contributed by atoms with Crippen LogP contribution in [-0.4, -0.2) is 41.8 Å². The van der Waals surface area contributed by atoms with E-state index in [9.17, 15) is 19.2 Å². The summed E-state index contributed by atoms with van der Waals surface area (Å²) in [7, 11) is 1.55. The number of imide groups is 1. The van der Waals surface area contributed by atoms with Gasteiger partial charge in [-0.1, -0.05) is 36.4 Å². The Morgan fingerprint density at radius 3 is 2.54 bits per heavy atom. The lowest BCUT2D eigenvalue weighted by atomic mass is 9.93. The summed E-state index contributed by atoms with van der Waals surface area (Å²) >= 11 is 0. The molecule has 2 aromatic rings. The predicted octanol–water partition coefficient (Wildman–Crippen LogP) is 3.21. The van der Waals surface area contributed by atoms with Crippen molar-refractivity contribution in [1.29, 1.82) is 0 Å². The average molecular weight is 476 g/mol. The van der Waals surface area contributed by atoms with E-state index in [-0.39, 0.29) is 36.6 Å². The molecule has 1 heterocycles. The summed E-state index contributed by atoms with van der Waals surface area (Å²) in [5.74, 6) is -0.690. The van der Waals surface area contributed by atoms with Crippen LogP contribution in [0.5, 0.6) is 0 Å². The summed E-state index contributed by atoms with van der Waals surface area (Å²) < 4.78 is 5.51. The molecule has 0 bridgehead atoms. The monoisotopic (exact) mass is 475 g/mol. The van der Waals surface area contributed by atoms with Crippen LogP contribution in [0, 0.1) is 5.92 Å². The average Bonchev–Trinajstić information content (AvgIpc) is 3.61. The molecule has 0 radical (unpaired) electrons.